The van der Waals surface area contributed by atoms with E-state index < -0.39 is 0 Å². The van der Waals surface area contributed by atoms with E-state index in [4.69, 9.17) is 5.73 Å². The van der Waals surface area contributed by atoms with E-state index in [0.717, 1.165) is 25.7 Å². The predicted octanol–water partition coefficient (Wildman–Crippen LogP) is 2.83. The molecule has 1 heterocycles. The Morgan fingerprint density at radius 2 is 1.71 bits per heavy atom. The van der Waals surface area contributed by atoms with Crippen molar-refractivity contribution in [2.24, 2.45) is 23.5 Å². The molecule has 2 saturated carbocycles. The van der Waals surface area contributed by atoms with Crippen molar-refractivity contribution in [3.05, 3.63) is 29.6 Å². The predicted molar refractivity (Wildman–Crippen MR) is 107 cm³/mol. The number of benzene rings is 1. The Morgan fingerprint density at radius 3 is 2.29 bits per heavy atom. The highest BCUT2D eigenvalue weighted by Crippen LogP contribution is 2.42. The molecule has 0 spiro atoms. The van der Waals surface area contributed by atoms with Gasteiger partial charge in [0, 0.05) is 43.7 Å². The van der Waals surface area contributed by atoms with Crippen molar-refractivity contribution in [3.63, 3.8) is 0 Å². The first-order chi connectivity index (χ1) is 13.4. The molecule has 2 unspecified atom stereocenters. The Hall–Kier alpha value is -1.95. The van der Waals surface area contributed by atoms with E-state index in [2.05, 4.69) is 0 Å². The highest BCUT2D eigenvalue weighted by Gasteiger charge is 2.42. The quantitative estimate of drug-likeness (QED) is 0.810. The largest absolute Gasteiger partial charge is 0.366 e. The SMILES string of the molecule is CC(=O)c1ccc(N2CCN(C(=O)C3CC4CCCC(C3)C4N)CC2)c(F)c1. The lowest BCUT2D eigenvalue weighted by molar-refractivity contribution is -0.138. The lowest BCUT2D eigenvalue weighted by Gasteiger charge is -2.45. The number of ketones is 1. The molecule has 3 aliphatic rings. The molecule has 6 heteroatoms. The molecule has 1 amide bonds. The summed E-state index contributed by atoms with van der Waals surface area (Å²) in [6.45, 7) is 3.89. The minimum absolute atomic E-state index is 0.105. The average Bonchev–Trinajstić information content (AvgIpc) is 2.67. The number of carbonyl (C=O) groups excluding carboxylic acids is 2. The zero-order valence-corrected chi connectivity index (χ0v) is 16.6. The van der Waals surface area contributed by atoms with Crippen LogP contribution in [0.25, 0.3) is 0 Å². The first-order valence-electron chi connectivity index (χ1n) is 10.5. The van der Waals surface area contributed by atoms with Gasteiger partial charge in [-0.05, 0) is 62.6 Å². The normalized spacial score (nSPS) is 30.2. The summed E-state index contributed by atoms with van der Waals surface area (Å²) in [5.74, 6) is 0.844. The molecule has 3 fully saturated rings. The smallest absolute Gasteiger partial charge is 0.225 e. The van der Waals surface area contributed by atoms with E-state index in [1.165, 1.54) is 19.4 Å². The number of anilines is 1. The van der Waals surface area contributed by atoms with Gasteiger partial charge in [-0.1, -0.05) is 6.42 Å². The van der Waals surface area contributed by atoms with Crippen LogP contribution in [0.4, 0.5) is 10.1 Å². The number of carbonyl (C=O) groups is 2. The highest BCUT2D eigenvalue weighted by atomic mass is 19.1. The third-order valence-corrected chi connectivity index (χ3v) is 7.05. The summed E-state index contributed by atoms with van der Waals surface area (Å²) in [6, 6.07) is 4.92. The summed E-state index contributed by atoms with van der Waals surface area (Å²) in [6.07, 6.45) is 5.42. The first kappa shape index (κ1) is 19.4. The van der Waals surface area contributed by atoms with Crippen molar-refractivity contribution in [3.8, 4) is 0 Å². The van der Waals surface area contributed by atoms with Gasteiger partial charge in [0.2, 0.25) is 5.91 Å². The van der Waals surface area contributed by atoms with E-state index in [-0.39, 0.29) is 29.5 Å². The Bertz CT molecular complexity index is 746. The second-order valence-corrected chi connectivity index (χ2v) is 8.73. The minimum atomic E-state index is -0.374. The summed E-state index contributed by atoms with van der Waals surface area (Å²) in [5.41, 5.74) is 7.26. The molecule has 0 aromatic heterocycles. The third-order valence-electron chi connectivity index (χ3n) is 7.05. The van der Waals surface area contributed by atoms with E-state index >= 15 is 0 Å². The van der Waals surface area contributed by atoms with Crippen LogP contribution < -0.4 is 10.6 Å². The van der Waals surface area contributed by atoms with Gasteiger partial charge in [-0.2, -0.15) is 0 Å². The second kappa shape index (κ2) is 7.82. The van der Waals surface area contributed by atoms with Crippen molar-refractivity contribution in [1.29, 1.82) is 0 Å². The molecule has 2 atom stereocenters. The molecular formula is C22H30FN3O2. The summed E-state index contributed by atoms with van der Waals surface area (Å²) < 4.78 is 14.4. The summed E-state index contributed by atoms with van der Waals surface area (Å²) >= 11 is 0. The van der Waals surface area contributed by atoms with Crippen molar-refractivity contribution in [1.82, 2.24) is 4.90 Å². The van der Waals surface area contributed by atoms with Gasteiger partial charge in [0.25, 0.3) is 0 Å². The lowest BCUT2D eigenvalue weighted by Crippen LogP contribution is -2.53. The van der Waals surface area contributed by atoms with Crippen LogP contribution in [0.1, 0.15) is 49.4 Å². The van der Waals surface area contributed by atoms with E-state index in [1.54, 1.807) is 12.1 Å². The summed E-state index contributed by atoms with van der Waals surface area (Å²) in [4.78, 5) is 28.4. The maximum Gasteiger partial charge on any atom is 0.225 e. The Labute approximate surface area is 166 Å². The highest BCUT2D eigenvalue weighted by molar-refractivity contribution is 5.94. The molecule has 2 N–H and O–H groups in total. The van der Waals surface area contributed by atoms with Crippen LogP contribution in [0, 0.1) is 23.6 Å². The number of piperazine rings is 1. The van der Waals surface area contributed by atoms with E-state index in [9.17, 15) is 14.0 Å². The fraction of sp³-hybridized carbons (Fsp3) is 0.636. The zero-order chi connectivity index (χ0) is 19.8. The molecular weight excluding hydrogens is 357 g/mol. The third kappa shape index (κ3) is 3.66. The van der Waals surface area contributed by atoms with Crippen molar-refractivity contribution in [2.75, 3.05) is 31.1 Å². The van der Waals surface area contributed by atoms with Gasteiger partial charge < -0.3 is 15.5 Å². The van der Waals surface area contributed by atoms with Crippen molar-refractivity contribution < 1.29 is 14.0 Å². The van der Waals surface area contributed by atoms with Gasteiger partial charge in [-0.15, -0.1) is 0 Å². The van der Waals surface area contributed by atoms with Crippen LogP contribution in [-0.4, -0.2) is 48.8 Å². The van der Waals surface area contributed by atoms with Crippen LogP contribution >= 0.6 is 0 Å². The Kier molecular flexibility index (Phi) is 5.41. The molecule has 152 valence electrons. The maximum atomic E-state index is 14.4. The van der Waals surface area contributed by atoms with Crippen LogP contribution in [0.3, 0.4) is 0 Å². The number of nitrogens with two attached hydrogens (primary N) is 1. The number of hydrogen-bond acceptors (Lipinski definition) is 4. The number of fused-ring (bicyclic) bond motifs is 2. The number of nitrogens with zero attached hydrogens (tertiary/aromatic N) is 2. The molecule has 1 aromatic rings. The van der Waals surface area contributed by atoms with Crippen LogP contribution in [-0.2, 0) is 4.79 Å². The number of Topliss-reactive ketones (excluding diaryl/α,β-unsaturated/α-hetero) is 1. The molecule has 5 nitrogen and oxygen atoms in total. The van der Waals surface area contributed by atoms with Crippen LogP contribution in [0.2, 0.25) is 0 Å². The average molecular weight is 387 g/mol. The van der Waals surface area contributed by atoms with Crippen LogP contribution in [0.15, 0.2) is 18.2 Å². The monoisotopic (exact) mass is 387 g/mol. The second-order valence-electron chi connectivity index (χ2n) is 8.73. The van der Waals surface area contributed by atoms with Gasteiger partial charge >= 0.3 is 0 Å². The van der Waals surface area contributed by atoms with Gasteiger partial charge in [0.15, 0.2) is 5.78 Å². The van der Waals surface area contributed by atoms with E-state index in [0.29, 0.717) is 49.3 Å². The van der Waals surface area contributed by atoms with Gasteiger partial charge in [0.05, 0.1) is 5.69 Å². The standard InChI is InChI=1S/C22H30FN3O2/c1-14(27)15-5-6-20(19(23)13-15)25-7-9-26(10-8-25)22(28)18-11-16-3-2-4-17(12-18)21(16)24/h5-6,13,16-18,21H,2-4,7-12,24H2,1H3. The van der Waals surface area contributed by atoms with Crippen LogP contribution in [0.5, 0.6) is 0 Å². The molecule has 0 radical (unpaired) electrons. The summed E-state index contributed by atoms with van der Waals surface area (Å²) in [5, 5.41) is 0. The zero-order valence-electron chi connectivity index (χ0n) is 16.6. The van der Waals surface area contributed by atoms with E-state index in [1.807, 2.05) is 9.80 Å². The van der Waals surface area contributed by atoms with Gasteiger partial charge in [-0.3, -0.25) is 9.59 Å². The molecule has 2 aliphatic carbocycles. The molecule has 4 rings (SSSR count). The minimum Gasteiger partial charge on any atom is -0.366 e. The molecule has 28 heavy (non-hydrogen) atoms. The molecule has 1 aromatic carbocycles. The van der Waals surface area contributed by atoms with Crippen molar-refractivity contribution >= 4 is 17.4 Å². The van der Waals surface area contributed by atoms with Gasteiger partial charge in [-0.25, -0.2) is 4.39 Å². The lowest BCUT2D eigenvalue weighted by atomic mass is 9.65. The Morgan fingerprint density at radius 1 is 1.07 bits per heavy atom. The fourth-order valence-electron chi connectivity index (χ4n) is 5.40. The number of amides is 1. The molecule has 1 aliphatic heterocycles. The maximum absolute atomic E-state index is 14.4. The molecule has 1 saturated heterocycles. The number of hydrogen-bond donors (Lipinski definition) is 1. The fourth-order valence-corrected chi connectivity index (χ4v) is 5.40. The molecule has 2 bridgehead atoms. The number of halogens is 1. The van der Waals surface area contributed by atoms with Crippen molar-refractivity contribution in [2.45, 2.75) is 45.1 Å². The van der Waals surface area contributed by atoms with Gasteiger partial charge in [0.1, 0.15) is 5.82 Å². The topological polar surface area (TPSA) is 66.6 Å². The first-order valence-corrected chi connectivity index (χ1v) is 10.5. The Balaban J connectivity index is 1.36. The summed E-state index contributed by atoms with van der Waals surface area (Å²) in [7, 11) is 0. The number of rotatable bonds is 3.